The fourth-order valence-electron chi connectivity index (χ4n) is 3.55. The lowest BCUT2D eigenvalue weighted by atomic mass is 9.89. The van der Waals surface area contributed by atoms with Crippen LogP contribution >= 0.6 is 11.3 Å². The Bertz CT molecular complexity index is 712. The first-order chi connectivity index (χ1) is 13.2. The van der Waals surface area contributed by atoms with Crippen LogP contribution in [0.4, 0.5) is 0 Å². The van der Waals surface area contributed by atoms with Gasteiger partial charge in [0.25, 0.3) is 0 Å². The quantitative estimate of drug-likeness (QED) is 0.569. The van der Waals surface area contributed by atoms with Crippen LogP contribution in [0.3, 0.4) is 0 Å². The molecule has 3 atom stereocenters. The number of aliphatic imine (C=N–C) groups is 1. The molecule has 27 heavy (non-hydrogen) atoms. The molecule has 146 valence electrons. The van der Waals surface area contributed by atoms with Gasteiger partial charge < -0.3 is 15.4 Å². The second-order valence-electron chi connectivity index (χ2n) is 7.40. The van der Waals surface area contributed by atoms with Gasteiger partial charge in [-0.2, -0.15) is 11.3 Å². The topological polar surface area (TPSA) is 45.7 Å². The molecule has 1 aromatic carbocycles. The monoisotopic (exact) mass is 385 g/mol. The van der Waals surface area contributed by atoms with Gasteiger partial charge in [0.2, 0.25) is 0 Å². The third-order valence-electron chi connectivity index (χ3n) is 5.29. The molecule has 1 aliphatic rings. The van der Waals surface area contributed by atoms with Gasteiger partial charge in [0.1, 0.15) is 0 Å². The summed E-state index contributed by atoms with van der Waals surface area (Å²) in [5, 5.41) is 11.3. The lowest BCUT2D eigenvalue weighted by molar-refractivity contribution is -0.0265. The molecular formula is C22H31N3OS. The summed E-state index contributed by atoms with van der Waals surface area (Å²) in [7, 11) is 1.83. The molecule has 2 heterocycles. The number of ether oxygens (including phenoxy) is 1. The summed E-state index contributed by atoms with van der Waals surface area (Å²) in [6.45, 7) is 6.95. The van der Waals surface area contributed by atoms with Crippen molar-refractivity contribution in [3.63, 3.8) is 0 Å². The third kappa shape index (κ3) is 5.56. The number of nitrogens with one attached hydrogen (secondary N) is 2. The van der Waals surface area contributed by atoms with Crippen LogP contribution < -0.4 is 10.6 Å². The Kier molecular flexibility index (Phi) is 7.30. The van der Waals surface area contributed by atoms with Crippen molar-refractivity contribution in [2.45, 2.75) is 38.7 Å². The predicted molar refractivity (Wildman–Crippen MR) is 115 cm³/mol. The summed E-state index contributed by atoms with van der Waals surface area (Å²) in [5.41, 5.74) is 3.94. The minimum atomic E-state index is 0.162. The standard InChI is InChI=1S/C22H31N3OS/c1-16-6-8-18(9-7-16)21-19(5-4-11-26-21)14-25-22(23-3)24-13-17(2)20-10-12-27-15-20/h6-10,12,15,17,19,21H,4-5,11,13-14H2,1-3H3,(H2,23,24,25). The molecule has 2 N–H and O–H groups in total. The first kappa shape index (κ1) is 19.9. The number of hydrogen-bond acceptors (Lipinski definition) is 3. The lowest BCUT2D eigenvalue weighted by Crippen LogP contribution is -2.43. The Hall–Kier alpha value is -1.85. The van der Waals surface area contributed by atoms with E-state index in [1.165, 1.54) is 23.1 Å². The summed E-state index contributed by atoms with van der Waals surface area (Å²) in [6, 6.07) is 10.9. The minimum absolute atomic E-state index is 0.162. The molecule has 1 saturated heterocycles. The highest BCUT2D eigenvalue weighted by Crippen LogP contribution is 2.33. The molecule has 0 saturated carbocycles. The lowest BCUT2D eigenvalue weighted by Gasteiger charge is -2.32. The van der Waals surface area contributed by atoms with E-state index in [-0.39, 0.29) is 6.10 Å². The fraction of sp³-hybridized carbons (Fsp3) is 0.500. The second kappa shape index (κ2) is 9.90. The van der Waals surface area contributed by atoms with Crippen LogP contribution in [0.15, 0.2) is 46.1 Å². The largest absolute Gasteiger partial charge is 0.373 e. The molecule has 0 aliphatic carbocycles. The Morgan fingerprint density at radius 2 is 2.07 bits per heavy atom. The SMILES string of the molecule is CN=C(NCC(C)c1ccsc1)NCC1CCCOC1c1ccc(C)cc1. The number of hydrogen-bond donors (Lipinski definition) is 2. The van der Waals surface area contributed by atoms with Gasteiger partial charge >= 0.3 is 0 Å². The van der Waals surface area contributed by atoms with Gasteiger partial charge in [-0.05, 0) is 53.6 Å². The normalized spacial score (nSPS) is 21.7. The number of benzene rings is 1. The second-order valence-corrected chi connectivity index (χ2v) is 8.18. The van der Waals surface area contributed by atoms with Gasteiger partial charge in [0.05, 0.1) is 6.10 Å². The molecule has 0 spiro atoms. The van der Waals surface area contributed by atoms with Crippen LogP contribution in [-0.4, -0.2) is 32.7 Å². The van der Waals surface area contributed by atoms with Gasteiger partial charge in [-0.3, -0.25) is 4.99 Å². The van der Waals surface area contributed by atoms with Gasteiger partial charge in [-0.25, -0.2) is 0 Å². The minimum Gasteiger partial charge on any atom is -0.373 e. The van der Waals surface area contributed by atoms with Crippen molar-refractivity contribution in [1.82, 2.24) is 10.6 Å². The maximum atomic E-state index is 6.13. The van der Waals surface area contributed by atoms with Crippen molar-refractivity contribution < 1.29 is 4.74 Å². The van der Waals surface area contributed by atoms with Crippen molar-refractivity contribution in [2.75, 3.05) is 26.7 Å². The Morgan fingerprint density at radius 1 is 1.26 bits per heavy atom. The van der Waals surface area contributed by atoms with Crippen molar-refractivity contribution in [1.29, 1.82) is 0 Å². The van der Waals surface area contributed by atoms with Crippen LogP contribution in [0.25, 0.3) is 0 Å². The van der Waals surface area contributed by atoms with Crippen LogP contribution in [0.5, 0.6) is 0 Å². The van der Waals surface area contributed by atoms with E-state index in [0.29, 0.717) is 11.8 Å². The molecule has 2 aromatic rings. The zero-order chi connectivity index (χ0) is 19.1. The smallest absolute Gasteiger partial charge is 0.191 e. The van der Waals surface area contributed by atoms with E-state index >= 15 is 0 Å². The van der Waals surface area contributed by atoms with E-state index in [9.17, 15) is 0 Å². The highest BCUT2D eigenvalue weighted by atomic mass is 32.1. The Balaban J connectivity index is 1.53. The molecule has 0 bridgehead atoms. The first-order valence-electron chi connectivity index (χ1n) is 9.82. The predicted octanol–water partition coefficient (Wildman–Crippen LogP) is 4.49. The van der Waals surface area contributed by atoms with Crippen LogP contribution in [0.1, 0.15) is 48.5 Å². The molecular weight excluding hydrogens is 354 g/mol. The average Bonchev–Trinajstić information content (AvgIpc) is 3.24. The molecule has 0 amide bonds. The van der Waals surface area contributed by atoms with E-state index in [4.69, 9.17) is 4.74 Å². The fourth-order valence-corrected chi connectivity index (χ4v) is 4.33. The molecule has 1 aromatic heterocycles. The van der Waals surface area contributed by atoms with Gasteiger partial charge in [0.15, 0.2) is 5.96 Å². The zero-order valence-electron chi connectivity index (χ0n) is 16.6. The highest BCUT2D eigenvalue weighted by Gasteiger charge is 2.27. The van der Waals surface area contributed by atoms with Crippen molar-refractivity contribution in [2.24, 2.45) is 10.9 Å². The summed E-state index contributed by atoms with van der Waals surface area (Å²) < 4.78 is 6.13. The van der Waals surface area contributed by atoms with E-state index in [1.807, 2.05) is 7.05 Å². The summed E-state index contributed by atoms with van der Waals surface area (Å²) in [5.74, 6) is 1.78. The number of rotatable bonds is 6. The maximum Gasteiger partial charge on any atom is 0.191 e. The van der Waals surface area contributed by atoms with Gasteiger partial charge in [-0.1, -0.05) is 36.8 Å². The summed E-state index contributed by atoms with van der Waals surface area (Å²) in [4.78, 5) is 4.39. The molecule has 3 rings (SSSR count). The van der Waals surface area contributed by atoms with Gasteiger partial charge in [0, 0.05) is 32.7 Å². The van der Waals surface area contributed by atoms with Crippen molar-refractivity contribution in [3.05, 3.63) is 57.8 Å². The van der Waals surface area contributed by atoms with E-state index in [1.54, 1.807) is 11.3 Å². The number of thiophene rings is 1. The van der Waals surface area contributed by atoms with E-state index < -0.39 is 0 Å². The van der Waals surface area contributed by atoms with Crippen LogP contribution in [-0.2, 0) is 4.74 Å². The summed E-state index contributed by atoms with van der Waals surface area (Å²) in [6.07, 6.45) is 2.46. The zero-order valence-corrected chi connectivity index (χ0v) is 17.4. The molecule has 0 radical (unpaired) electrons. The van der Waals surface area contributed by atoms with E-state index in [0.717, 1.165) is 32.1 Å². The first-order valence-corrected chi connectivity index (χ1v) is 10.8. The average molecular weight is 386 g/mol. The van der Waals surface area contributed by atoms with Crippen molar-refractivity contribution in [3.8, 4) is 0 Å². The maximum absolute atomic E-state index is 6.13. The Morgan fingerprint density at radius 3 is 2.78 bits per heavy atom. The summed E-state index contributed by atoms with van der Waals surface area (Å²) >= 11 is 1.75. The van der Waals surface area contributed by atoms with Crippen LogP contribution in [0.2, 0.25) is 0 Å². The number of aryl methyl sites for hydroxylation is 1. The highest BCUT2D eigenvalue weighted by molar-refractivity contribution is 7.07. The van der Waals surface area contributed by atoms with Crippen molar-refractivity contribution >= 4 is 17.3 Å². The third-order valence-corrected chi connectivity index (χ3v) is 6.00. The molecule has 1 aliphatic heterocycles. The Labute approximate surface area is 167 Å². The molecule has 1 fully saturated rings. The molecule has 4 nitrogen and oxygen atoms in total. The van der Waals surface area contributed by atoms with E-state index in [2.05, 4.69) is 70.6 Å². The molecule has 5 heteroatoms. The van der Waals surface area contributed by atoms with Crippen LogP contribution in [0, 0.1) is 12.8 Å². The number of guanidine groups is 1. The number of nitrogens with zero attached hydrogens (tertiary/aromatic N) is 1. The van der Waals surface area contributed by atoms with Gasteiger partial charge in [-0.15, -0.1) is 0 Å². The molecule has 3 unspecified atom stereocenters.